The van der Waals surface area contributed by atoms with Gasteiger partial charge in [-0.2, -0.15) is 5.26 Å². The first-order valence-electron chi connectivity index (χ1n) is 12.7. The van der Waals surface area contributed by atoms with E-state index in [1.807, 2.05) is 39.8 Å². The Hall–Kier alpha value is -4.25. The number of nitrogens with one attached hydrogen (secondary N) is 2. The summed E-state index contributed by atoms with van der Waals surface area (Å²) in [5.41, 5.74) is 2.36. The summed E-state index contributed by atoms with van der Waals surface area (Å²) in [4.78, 5) is 32.5. The molecule has 1 fully saturated rings. The molecule has 2 aromatic carbocycles. The topological polar surface area (TPSA) is 98.1 Å². The maximum Gasteiger partial charge on any atom is 0.255 e. The van der Waals surface area contributed by atoms with E-state index in [4.69, 9.17) is 5.26 Å². The van der Waals surface area contributed by atoms with Gasteiger partial charge in [0.1, 0.15) is 11.5 Å². The molecule has 8 heteroatoms. The summed E-state index contributed by atoms with van der Waals surface area (Å²) in [6.45, 7) is 8.22. The fraction of sp³-hybridized carbons (Fsp3) is 0.333. The molecule has 0 atom stereocenters. The number of aromatic nitrogens is 1. The van der Waals surface area contributed by atoms with E-state index in [2.05, 4.69) is 15.6 Å². The van der Waals surface area contributed by atoms with E-state index < -0.39 is 5.67 Å². The van der Waals surface area contributed by atoms with Crippen LogP contribution < -0.4 is 10.6 Å². The van der Waals surface area contributed by atoms with Gasteiger partial charge in [0, 0.05) is 43.1 Å². The zero-order chi connectivity index (χ0) is 27.4. The van der Waals surface area contributed by atoms with Crippen LogP contribution in [-0.4, -0.2) is 40.8 Å². The second-order valence-electron chi connectivity index (χ2n) is 10.1. The quantitative estimate of drug-likeness (QED) is 0.438. The third-order valence-electron chi connectivity index (χ3n) is 6.88. The number of benzene rings is 2. The van der Waals surface area contributed by atoms with E-state index in [0.29, 0.717) is 27.9 Å². The van der Waals surface area contributed by atoms with Gasteiger partial charge in [-0.1, -0.05) is 18.2 Å². The molecule has 2 N–H and O–H groups in total. The molecule has 1 aromatic heterocycles. The first kappa shape index (κ1) is 26.8. The number of nitrogens with zero attached hydrogens (tertiary/aromatic N) is 3. The number of hydrogen-bond acceptors (Lipinski definition) is 5. The van der Waals surface area contributed by atoms with Gasteiger partial charge in [-0.25, -0.2) is 9.37 Å². The van der Waals surface area contributed by atoms with E-state index in [1.54, 1.807) is 53.6 Å². The Balaban J connectivity index is 1.46. The van der Waals surface area contributed by atoms with Crippen molar-refractivity contribution >= 4 is 23.3 Å². The van der Waals surface area contributed by atoms with Crippen molar-refractivity contribution in [3.8, 4) is 6.07 Å². The molecule has 2 amide bonds. The SMILES string of the molecule is Cc1cc(C)c(C(=O)N2CCC(F)(c3ccc(C#N)cc3)CC2)cc1C(=O)Nc1ccc(NC(C)C)nc1. The largest absolute Gasteiger partial charge is 0.368 e. The number of rotatable bonds is 6. The van der Waals surface area contributed by atoms with Crippen molar-refractivity contribution in [2.45, 2.75) is 52.2 Å². The molecular weight excluding hydrogens is 481 g/mol. The minimum Gasteiger partial charge on any atom is -0.368 e. The molecule has 0 saturated carbocycles. The summed E-state index contributed by atoms with van der Waals surface area (Å²) >= 11 is 0. The summed E-state index contributed by atoms with van der Waals surface area (Å²) in [7, 11) is 0. The molecule has 0 spiro atoms. The van der Waals surface area contributed by atoms with Crippen LogP contribution in [0.25, 0.3) is 0 Å². The summed E-state index contributed by atoms with van der Waals surface area (Å²) in [6.07, 6.45) is 1.91. The number of nitriles is 1. The number of pyridine rings is 1. The lowest BCUT2D eigenvalue weighted by atomic mass is 9.85. The lowest BCUT2D eigenvalue weighted by molar-refractivity contribution is 0.0421. The van der Waals surface area contributed by atoms with Gasteiger partial charge < -0.3 is 15.5 Å². The number of piperidine rings is 1. The molecule has 3 aromatic rings. The van der Waals surface area contributed by atoms with Gasteiger partial charge in [0.25, 0.3) is 11.8 Å². The number of amides is 2. The highest BCUT2D eigenvalue weighted by Gasteiger charge is 2.38. The van der Waals surface area contributed by atoms with Gasteiger partial charge in [0.2, 0.25) is 0 Å². The van der Waals surface area contributed by atoms with Crippen molar-refractivity contribution < 1.29 is 14.0 Å². The molecule has 7 nitrogen and oxygen atoms in total. The fourth-order valence-corrected chi connectivity index (χ4v) is 4.74. The van der Waals surface area contributed by atoms with Crippen LogP contribution in [0.5, 0.6) is 0 Å². The highest BCUT2D eigenvalue weighted by atomic mass is 19.1. The monoisotopic (exact) mass is 513 g/mol. The minimum atomic E-state index is -1.55. The van der Waals surface area contributed by atoms with E-state index in [-0.39, 0.29) is 43.8 Å². The van der Waals surface area contributed by atoms with E-state index >= 15 is 4.39 Å². The number of carbonyl (C=O) groups excluding carboxylic acids is 2. The van der Waals surface area contributed by atoms with Crippen molar-refractivity contribution in [1.82, 2.24) is 9.88 Å². The molecule has 2 heterocycles. The van der Waals surface area contributed by atoms with Crippen molar-refractivity contribution in [3.63, 3.8) is 0 Å². The second-order valence-corrected chi connectivity index (χ2v) is 10.1. The molecule has 1 aliphatic rings. The number of hydrogen-bond donors (Lipinski definition) is 2. The minimum absolute atomic E-state index is 0.164. The van der Waals surface area contributed by atoms with Crippen LogP contribution in [0.2, 0.25) is 0 Å². The van der Waals surface area contributed by atoms with Gasteiger partial charge in [-0.15, -0.1) is 0 Å². The molecule has 0 unspecified atom stereocenters. The third kappa shape index (κ3) is 5.83. The zero-order valence-electron chi connectivity index (χ0n) is 22.1. The first-order chi connectivity index (χ1) is 18.1. The van der Waals surface area contributed by atoms with Crippen molar-refractivity contribution in [3.05, 3.63) is 88.1 Å². The Bertz CT molecular complexity index is 1370. The molecule has 0 aliphatic carbocycles. The van der Waals surface area contributed by atoms with Crippen LogP contribution in [-0.2, 0) is 5.67 Å². The average molecular weight is 514 g/mol. The Kier molecular flexibility index (Phi) is 7.77. The number of halogens is 1. The van der Waals surface area contributed by atoms with E-state index in [0.717, 1.165) is 16.9 Å². The van der Waals surface area contributed by atoms with Crippen molar-refractivity contribution in [2.75, 3.05) is 23.7 Å². The van der Waals surface area contributed by atoms with Crippen molar-refractivity contribution in [1.29, 1.82) is 5.26 Å². The predicted octanol–water partition coefficient (Wildman–Crippen LogP) is 5.74. The lowest BCUT2D eigenvalue weighted by Gasteiger charge is -2.37. The Morgan fingerprint density at radius 3 is 2.26 bits per heavy atom. The molecule has 1 aliphatic heterocycles. The summed E-state index contributed by atoms with van der Waals surface area (Å²) < 4.78 is 15.7. The second kappa shape index (κ2) is 11.0. The number of anilines is 2. The number of carbonyl (C=O) groups is 2. The third-order valence-corrected chi connectivity index (χ3v) is 6.88. The molecule has 38 heavy (non-hydrogen) atoms. The Labute approximate surface area is 222 Å². The standard InChI is InChI=1S/C30H32FN5O2/c1-19(2)34-27-10-9-24(18-33-27)35-28(37)25-16-26(21(4)15-20(25)3)29(38)36-13-11-30(31,12-14-36)23-7-5-22(17-32)6-8-23/h5-10,15-16,18-19H,11-14H2,1-4H3,(H,33,34)(H,35,37). The van der Waals surface area contributed by atoms with Crippen LogP contribution >= 0.6 is 0 Å². The van der Waals surface area contributed by atoms with Crippen molar-refractivity contribution in [2.24, 2.45) is 0 Å². The Morgan fingerprint density at radius 2 is 1.68 bits per heavy atom. The fourth-order valence-electron chi connectivity index (χ4n) is 4.74. The predicted molar refractivity (Wildman–Crippen MR) is 146 cm³/mol. The van der Waals surface area contributed by atoms with Gasteiger partial charge in [-0.05, 0) is 74.7 Å². The van der Waals surface area contributed by atoms with E-state index in [1.165, 1.54) is 0 Å². The number of aryl methyl sites for hydroxylation is 2. The average Bonchev–Trinajstić information content (AvgIpc) is 2.89. The molecular formula is C30H32FN5O2. The van der Waals surface area contributed by atoms with Crippen LogP contribution in [0, 0.1) is 25.2 Å². The molecule has 196 valence electrons. The Morgan fingerprint density at radius 1 is 1.03 bits per heavy atom. The van der Waals surface area contributed by atoms with Crippen LogP contribution in [0.4, 0.5) is 15.9 Å². The first-order valence-corrected chi connectivity index (χ1v) is 12.7. The van der Waals surface area contributed by atoms with Gasteiger partial charge in [0.05, 0.1) is 23.5 Å². The maximum atomic E-state index is 15.7. The van der Waals surface area contributed by atoms with Crippen LogP contribution in [0.15, 0.2) is 54.7 Å². The number of alkyl halides is 1. The molecule has 1 saturated heterocycles. The normalized spacial score (nSPS) is 14.6. The highest BCUT2D eigenvalue weighted by molar-refractivity contribution is 6.07. The summed E-state index contributed by atoms with van der Waals surface area (Å²) in [5.74, 6) is 0.171. The van der Waals surface area contributed by atoms with E-state index in [9.17, 15) is 9.59 Å². The molecule has 0 bridgehead atoms. The zero-order valence-corrected chi connectivity index (χ0v) is 22.1. The number of likely N-dealkylation sites (tertiary alicyclic amines) is 1. The summed E-state index contributed by atoms with van der Waals surface area (Å²) in [5, 5.41) is 15.1. The van der Waals surface area contributed by atoms with Gasteiger partial charge in [-0.3, -0.25) is 9.59 Å². The smallest absolute Gasteiger partial charge is 0.255 e. The molecule has 0 radical (unpaired) electrons. The van der Waals surface area contributed by atoms with Gasteiger partial charge >= 0.3 is 0 Å². The maximum absolute atomic E-state index is 15.7. The molecule has 4 rings (SSSR count). The van der Waals surface area contributed by atoms with Crippen LogP contribution in [0.3, 0.4) is 0 Å². The lowest BCUT2D eigenvalue weighted by Crippen LogP contribution is -2.43. The van der Waals surface area contributed by atoms with Gasteiger partial charge in [0.15, 0.2) is 0 Å². The van der Waals surface area contributed by atoms with Crippen LogP contribution in [0.1, 0.15) is 69.7 Å². The summed E-state index contributed by atoms with van der Waals surface area (Å²) in [6, 6.07) is 15.8. The highest BCUT2D eigenvalue weighted by Crippen LogP contribution is 2.37.